The van der Waals surface area contributed by atoms with Crippen LogP contribution in [0.1, 0.15) is 25.7 Å². The van der Waals surface area contributed by atoms with Crippen molar-refractivity contribution < 1.29 is 0 Å². The van der Waals surface area contributed by atoms with Gasteiger partial charge in [0, 0.05) is 11.3 Å². The van der Waals surface area contributed by atoms with Crippen molar-refractivity contribution in [1.82, 2.24) is 9.97 Å². The summed E-state index contributed by atoms with van der Waals surface area (Å²) in [5, 5.41) is 4.00. The first kappa shape index (κ1) is 13.0. The van der Waals surface area contributed by atoms with Gasteiger partial charge in [0.1, 0.15) is 10.3 Å². The maximum Gasteiger partial charge on any atom is 0.267 e. The number of halogens is 1. The van der Waals surface area contributed by atoms with Crippen LogP contribution in [0.5, 0.6) is 0 Å². The van der Waals surface area contributed by atoms with Gasteiger partial charge in [-0.3, -0.25) is 4.79 Å². The molecule has 2 N–H and O–H groups in total. The molecule has 1 fully saturated rings. The fourth-order valence-corrected chi connectivity index (χ4v) is 3.47. The van der Waals surface area contributed by atoms with Gasteiger partial charge in [0.05, 0.1) is 6.33 Å². The van der Waals surface area contributed by atoms with E-state index in [0.717, 1.165) is 6.42 Å². The Bertz CT molecular complexity index is 437. The fraction of sp³-hybridized carbons (Fsp3) is 0.636. The zero-order chi connectivity index (χ0) is 12.3. The lowest BCUT2D eigenvalue weighted by Gasteiger charge is -2.31. The number of H-pyrrole nitrogens is 1. The molecular weight excluding hydrogens is 302 g/mol. The van der Waals surface area contributed by atoms with Crippen molar-refractivity contribution in [2.45, 2.75) is 37.0 Å². The van der Waals surface area contributed by atoms with Gasteiger partial charge in [-0.05, 0) is 35.0 Å². The first-order chi connectivity index (χ1) is 8.22. The van der Waals surface area contributed by atoms with E-state index >= 15 is 0 Å². The molecule has 17 heavy (non-hydrogen) atoms. The summed E-state index contributed by atoms with van der Waals surface area (Å²) in [4.78, 5) is 18.2. The molecule has 94 valence electrons. The number of nitrogens with zero attached hydrogens (tertiary/aromatic N) is 1. The van der Waals surface area contributed by atoms with Crippen LogP contribution < -0.4 is 10.9 Å². The molecule has 0 bridgehead atoms. The Balaban J connectivity index is 2.13. The van der Waals surface area contributed by atoms with Crippen LogP contribution in [0.15, 0.2) is 15.6 Å². The van der Waals surface area contributed by atoms with E-state index in [1.54, 1.807) is 0 Å². The van der Waals surface area contributed by atoms with Gasteiger partial charge in [-0.25, -0.2) is 4.98 Å². The third-order valence-corrected chi connectivity index (χ3v) is 5.03. The molecule has 1 saturated carbocycles. The summed E-state index contributed by atoms with van der Waals surface area (Å²) >= 11 is 5.16. The second kappa shape index (κ2) is 5.91. The number of anilines is 1. The number of hydrogen-bond donors (Lipinski definition) is 2. The van der Waals surface area contributed by atoms with Gasteiger partial charge < -0.3 is 10.3 Å². The quantitative estimate of drug-likeness (QED) is 0.899. The molecule has 6 heteroatoms. The predicted octanol–water partition coefficient (Wildman–Crippen LogP) is 2.62. The molecule has 2 atom stereocenters. The summed E-state index contributed by atoms with van der Waals surface area (Å²) in [7, 11) is 0. The van der Waals surface area contributed by atoms with E-state index in [1.807, 2.05) is 11.8 Å². The van der Waals surface area contributed by atoms with Gasteiger partial charge in [-0.1, -0.05) is 12.8 Å². The Morgan fingerprint density at radius 2 is 2.29 bits per heavy atom. The van der Waals surface area contributed by atoms with E-state index in [4.69, 9.17) is 0 Å². The largest absolute Gasteiger partial charge is 0.365 e. The average molecular weight is 318 g/mol. The van der Waals surface area contributed by atoms with E-state index in [1.165, 1.54) is 25.6 Å². The van der Waals surface area contributed by atoms with Crippen molar-refractivity contribution in [1.29, 1.82) is 0 Å². The van der Waals surface area contributed by atoms with E-state index in [9.17, 15) is 4.79 Å². The molecule has 1 heterocycles. The normalized spacial score (nSPS) is 24.6. The van der Waals surface area contributed by atoms with Gasteiger partial charge in [0.2, 0.25) is 0 Å². The van der Waals surface area contributed by atoms with E-state index in [-0.39, 0.29) is 5.56 Å². The fourth-order valence-electron chi connectivity index (χ4n) is 2.20. The lowest BCUT2D eigenvalue weighted by molar-refractivity contribution is 0.474. The SMILES string of the molecule is CSC1CCCCC1Nc1nc[nH]c(=O)c1Br. The van der Waals surface area contributed by atoms with Crippen LogP contribution in [0.25, 0.3) is 0 Å². The third kappa shape index (κ3) is 3.04. The lowest BCUT2D eigenvalue weighted by atomic mass is 9.95. The van der Waals surface area contributed by atoms with Crippen molar-refractivity contribution in [2.24, 2.45) is 0 Å². The highest BCUT2D eigenvalue weighted by Crippen LogP contribution is 2.30. The Morgan fingerprint density at radius 3 is 3.06 bits per heavy atom. The molecule has 1 aliphatic carbocycles. The van der Waals surface area contributed by atoms with Crippen molar-refractivity contribution in [3.63, 3.8) is 0 Å². The van der Waals surface area contributed by atoms with E-state index in [0.29, 0.717) is 21.6 Å². The van der Waals surface area contributed by atoms with Crippen LogP contribution in [-0.4, -0.2) is 27.5 Å². The van der Waals surface area contributed by atoms with E-state index < -0.39 is 0 Å². The highest BCUT2D eigenvalue weighted by Gasteiger charge is 2.25. The van der Waals surface area contributed by atoms with Crippen LogP contribution in [0, 0.1) is 0 Å². The van der Waals surface area contributed by atoms with Gasteiger partial charge in [0.15, 0.2) is 0 Å². The second-order valence-corrected chi connectivity index (χ2v) is 6.07. The van der Waals surface area contributed by atoms with Crippen molar-refractivity contribution in [2.75, 3.05) is 11.6 Å². The number of hydrogen-bond acceptors (Lipinski definition) is 4. The molecule has 0 saturated heterocycles. The summed E-state index contributed by atoms with van der Waals surface area (Å²) in [6.07, 6.45) is 8.51. The molecule has 0 aliphatic heterocycles. The molecule has 1 aromatic rings. The minimum Gasteiger partial charge on any atom is -0.365 e. The Kier molecular flexibility index (Phi) is 4.50. The first-order valence-electron chi connectivity index (χ1n) is 5.75. The van der Waals surface area contributed by atoms with Gasteiger partial charge in [-0.2, -0.15) is 11.8 Å². The third-order valence-electron chi connectivity index (χ3n) is 3.12. The van der Waals surface area contributed by atoms with E-state index in [2.05, 4.69) is 37.5 Å². The van der Waals surface area contributed by atoms with Crippen LogP contribution in [0.4, 0.5) is 5.82 Å². The number of aromatic nitrogens is 2. The molecule has 1 aromatic heterocycles. The zero-order valence-corrected chi connectivity index (χ0v) is 12.1. The van der Waals surface area contributed by atoms with Crippen molar-refractivity contribution in [3.8, 4) is 0 Å². The van der Waals surface area contributed by atoms with Crippen molar-refractivity contribution >= 4 is 33.5 Å². The smallest absolute Gasteiger partial charge is 0.267 e. The summed E-state index contributed by atoms with van der Waals surface area (Å²) in [6.45, 7) is 0. The Morgan fingerprint density at radius 1 is 1.53 bits per heavy atom. The summed E-state index contributed by atoms with van der Waals surface area (Å²) in [5.74, 6) is 0.653. The minimum atomic E-state index is -0.140. The summed E-state index contributed by atoms with van der Waals surface area (Å²) in [6, 6.07) is 0.407. The Hall–Kier alpha value is -0.490. The first-order valence-corrected chi connectivity index (χ1v) is 7.83. The zero-order valence-electron chi connectivity index (χ0n) is 9.70. The monoisotopic (exact) mass is 317 g/mol. The van der Waals surface area contributed by atoms with Crippen LogP contribution >= 0.6 is 27.7 Å². The molecule has 2 rings (SSSR count). The molecule has 0 spiro atoms. The maximum atomic E-state index is 11.4. The standard InChI is InChI=1S/C11H16BrN3OS/c1-17-8-5-3-2-4-7(8)15-10-9(12)11(16)14-6-13-10/h6-8H,2-5H2,1H3,(H2,13,14,15,16). The van der Waals surface area contributed by atoms with Crippen molar-refractivity contribution in [3.05, 3.63) is 21.2 Å². The highest BCUT2D eigenvalue weighted by molar-refractivity contribution is 9.10. The highest BCUT2D eigenvalue weighted by atomic mass is 79.9. The topological polar surface area (TPSA) is 57.8 Å². The van der Waals surface area contributed by atoms with Gasteiger partial charge >= 0.3 is 0 Å². The number of thioether (sulfide) groups is 1. The minimum absolute atomic E-state index is 0.140. The average Bonchev–Trinajstić information content (AvgIpc) is 2.35. The second-order valence-electron chi connectivity index (χ2n) is 4.20. The van der Waals surface area contributed by atoms with Gasteiger partial charge in [-0.15, -0.1) is 0 Å². The molecule has 4 nitrogen and oxygen atoms in total. The maximum absolute atomic E-state index is 11.4. The lowest BCUT2D eigenvalue weighted by Crippen LogP contribution is -2.35. The summed E-state index contributed by atoms with van der Waals surface area (Å²) in [5.41, 5.74) is -0.140. The number of aromatic amines is 1. The number of nitrogens with one attached hydrogen (secondary N) is 2. The molecule has 0 radical (unpaired) electrons. The predicted molar refractivity (Wildman–Crippen MR) is 75.7 cm³/mol. The Labute approximate surface area is 113 Å². The molecule has 2 unspecified atom stereocenters. The van der Waals surface area contributed by atoms with Crippen LogP contribution in [0.2, 0.25) is 0 Å². The molecule has 0 amide bonds. The van der Waals surface area contributed by atoms with Crippen LogP contribution in [0.3, 0.4) is 0 Å². The summed E-state index contributed by atoms with van der Waals surface area (Å²) < 4.78 is 0.491. The molecular formula is C11H16BrN3OS. The molecule has 1 aliphatic rings. The molecule has 0 aromatic carbocycles. The number of rotatable bonds is 3. The van der Waals surface area contributed by atoms with Gasteiger partial charge in [0.25, 0.3) is 5.56 Å². The van der Waals surface area contributed by atoms with Crippen LogP contribution in [-0.2, 0) is 0 Å².